The van der Waals surface area contributed by atoms with Crippen LogP contribution in [-0.4, -0.2) is 13.1 Å². The molecule has 0 aliphatic heterocycles. The predicted molar refractivity (Wildman–Crippen MR) is 103 cm³/mol. The Bertz CT molecular complexity index is 774. The van der Waals surface area contributed by atoms with E-state index in [1.54, 1.807) is 7.05 Å². The van der Waals surface area contributed by atoms with Crippen LogP contribution >= 0.6 is 0 Å². The van der Waals surface area contributed by atoms with Gasteiger partial charge in [-0.05, 0) is 30.2 Å². The maximum absolute atomic E-state index is 12.8. The van der Waals surface area contributed by atoms with Crippen LogP contribution in [0.3, 0.4) is 0 Å². The summed E-state index contributed by atoms with van der Waals surface area (Å²) in [5.41, 5.74) is 4.16. The summed E-state index contributed by atoms with van der Waals surface area (Å²) in [4.78, 5) is 14.6. The molecule has 0 saturated carbocycles. The quantitative estimate of drug-likeness (QED) is 0.723. The second-order valence-corrected chi connectivity index (χ2v) is 5.98. The van der Waals surface area contributed by atoms with Crippen LogP contribution in [0.25, 0.3) is 0 Å². The minimum atomic E-state index is -0.204. The van der Waals surface area contributed by atoms with Crippen LogP contribution in [0.5, 0.6) is 0 Å². The molecule has 3 nitrogen and oxygen atoms in total. The minimum absolute atomic E-state index is 0.137. The second kappa shape index (κ2) is 7.67. The van der Waals surface area contributed by atoms with E-state index in [0.717, 1.165) is 22.4 Å². The Morgan fingerprint density at radius 3 is 1.72 bits per heavy atom. The standard InChI is InChI=1S/C22H22N2O/c1-17-13-15-20(16-14-17)24(22(25)23-2)21(18-9-5-3-6-10-18)19-11-7-4-8-12-19/h3-16,21H,1-2H3,(H,23,25). The van der Waals surface area contributed by atoms with Crippen LogP contribution in [-0.2, 0) is 0 Å². The lowest BCUT2D eigenvalue weighted by Gasteiger charge is -2.32. The Balaban J connectivity index is 2.16. The van der Waals surface area contributed by atoms with Gasteiger partial charge >= 0.3 is 6.03 Å². The lowest BCUT2D eigenvalue weighted by atomic mass is 9.96. The van der Waals surface area contributed by atoms with E-state index in [-0.39, 0.29) is 12.1 Å². The molecule has 0 aliphatic carbocycles. The molecule has 3 aromatic carbocycles. The monoisotopic (exact) mass is 330 g/mol. The number of carbonyl (C=O) groups excluding carboxylic acids is 1. The molecule has 0 spiro atoms. The first-order valence-corrected chi connectivity index (χ1v) is 8.38. The highest BCUT2D eigenvalue weighted by atomic mass is 16.2. The molecular weight excluding hydrogens is 308 g/mol. The number of anilines is 1. The molecule has 0 heterocycles. The third-order valence-electron chi connectivity index (χ3n) is 4.23. The maximum Gasteiger partial charge on any atom is 0.322 e. The molecule has 25 heavy (non-hydrogen) atoms. The number of nitrogens with one attached hydrogen (secondary N) is 1. The van der Waals surface area contributed by atoms with Gasteiger partial charge < -0.3 is 5.32 Å². The highest BCUT2D eigenvalue weighted by Crippen LogP contribution is 2.33. The van der Waals surface area contributed by atoms with E-state index in [1.165, 1.54) is 0 Å². The summed E-state index contributed by atoms with van der Waals surface area (Å²) >= 11 is 0. The molecule has 0 unspecified atom stereocenters. The van der Waals surface area contributed by atoms with E-state index in [4.69, 9.17) is 0 Å². The van der Waals surface area contributed by atoms with Crippen LogP contribution in [0.15, 0.2) is 84.9 Å². The largest absolute Gasteiger partial charge is 0.341 e. The molecular formula is C22H22N2O. The summed E-state index contributed by atoms with van der Waals surface area (Å²) in [6.07, 6.45) is 0. The van der Waals surface area contributed by atoms with Gasteiger partial charge in [0.15, 0.2) is 0 Å². The number of hydrogen-bond donors (Lipinski definition) is 1. The highest BCUT2D eigenvalue weighted by molar-refractivity contribution is 5.93. The van der Waals surface area contributed by atoms with Crippen LogP contribution in [0.4, 0.5) is 10.5 Å². The lowest BCUT2D eigenvalue weighted by Crippen LogP contribution is -2.41. The molecule has 126 valence electrons. The van der Waals surface area contributed by atoms with E-state index < -0.39 is 0 Å². The minimum Gasteiger partial charge on any atom is -0.341 e. The van der Waals surface area contributed by atoms with Crippen LogP contribution in [0, 0.1) is 6.92 Å². The Morgan fingerprint density at radius 1 is 0.800 bits per heavy atom. The molecule has 3 rings (SSSR count). The highest BCUT2D eigenvalue weighted by Gasteiger charge is 2.27. The van der Waals surface area contributed by atoms with Crippen molar-refractivity contribution in [3.63, 3.8) is 0 Å². The third kappa shape index (κ3) is 3.72. The van der Waals surface area contributed by atoms with Crippen molar-refractivity contribution in [3.8, 4) is 0 Å². The molecule has 2 amide bonds. The van der Waals surface area contributed by atoms with Crippen molar-refractivity contribution >= 4 is 11.7 Å². The van der Waals surface area contributed by atoms with Gasteiger partial charge in [-0.15, -0.1) is 0 Å². The maximum atomic E-state index is 12.8. The molecule has 0 atom stereocenters. The van der Waals surface area contributed by atoms with Gasteiger partial charge in [0.25, 0.3) is 0 Å². The summed E-state index contributed by atoms with van der Waals surface area (Å²) in [5, 5.41) is 2.79. The smallest absolute Gasteiger partial charge is 0.322 e. The van der Waals surface area contributed by atoms with E-state index in [9.17, 15) is 4.79 Å². The fourth-order valence-corrected chi connectivity index (χ4v) is 2.97. The summed E-state index contributed by atoms with van der Waals surface area (Å²) in [6, 6.07) is 27.9. The average Bonchev–Trinajstić information content (AvgIpc) is 2.68. The van der Waals surface area contributed by atoms with Crippen molar-refractivity contribution < 1.29 is 4.79 Å². The van der Waals surface area contributed by atoms with Crippen molar-refractivity contribution in [3.05, 3.63) is 102 Å². The fourth-order valence-electron chi connectivity index (χ4n) is 2.97. The van der Waals surface area contributed by atoms with Crippen molar-refractivity contribution in [1.29, 1.82) is 0 Å². The lowest BCUT2D eigenvalue weighted by molar-refractivity contribution is 0.247. The van der Waals surface area contributed by atoms with Gasteiger partial charge in [-0.2, -0.15) is 0 Å². The summed E-state index contributed by atoms with van der Waals surface area (Å²) < 4.78 is 0. The van der Waals surface area contributed by atoms with Gasteiger partial charge in [-0.3, -0.25) is 4.90 Å². The fraction of sp³-hybridized carbons (Fsp3) is 0.136. The SMILES string of the molecule is CNC(=O)N(c1ccc(C)cc1)C(c1ccccc1)c1ccccc1. The first kappa shape index (κ1) is 16.8. The zero-order chi connectivity index (χ0) is 17.6. The number of aryl methyl sites for hydroxylation is 1. The Hall–Kier alpha value is -3.07. The normalized spacial score (nSPS) is 10.5. The number of hydrogen-bond acceptors (Lipinski definition) is 1. The van der Waals surface area contributed by atoms with Gasteiger partial charge in [-0.1, -0.05) is 78.4 Å². The van der Waals surface area contributed by atoms with Crippen molar-refractivity contribution in [1.82, 2.24) is 5.32 Å². The summed E-state index contributed by atoms with van der Waals surface area (Å²) in [7, 11) is 1.66. The average molecular weight is 330 g/mol. The van der Waals surface area contributed by atoms with E-state index in [2.05, 4.69) is 29.6 Å². The van der Waals surface area contributed by atoms with Gasteiger partial charge in [0.1, 0.15) is 0 Å². The third-order valence-corrected chi connectivity index (χ3v) is 4.23. The first-order valence-electron chi connectivity index (χ1n) is 8.38. The Morgan fingerprint density at radius 2 is 1.28 bits per heavy atom. The number of nitrogens with zero attached hydrogens (tertiary/aromatic N) is 1. The van der Waals surface area contributed by atoms with Crippen molar-refractivity contribution in [2.24, 2.45) is 0 Å². The Labute approximate surface area is 148 Å². The molecule has 0 saturated heterocycles. The summed E-state index contributed by atoms with van der Waals surface area (Å²) in [5.74, 6) is 0. The number of carbonyl (C=O) groups is 1. The van der Waals surface area contributed by atoms with Crippen LogP contribution < -0.4 is 10.2 Å². The van der Waals surface area contributed by atoms with Gasteiger partial charge in [-0.25, -0.2) is 4.79 Å². The van der Waals surface area contributed by atoms with Crippen molar-refractivity contribution in [2.45, 2.75) is 13.0 Å². The Kier molecular flexibility index (Phi) is 5.14. The number of amides is 2. The zero-order valence-corrected chi connectivity index (χ0v) is 14.5. The van der Waals surface area contributed by atoms with E-state index in [1.807, 2.05) is 72.5 Å². The molecule has 1 N–H and O–H groups in total. The molecule has 0 fully saturated rings. The van der Waals surface area contributed by atoms with E-state index in [0.29, 0.717) is 0 Å². The number of benzene rings is 3. The number of urea groups is 1. The number of rotatable bonds is 4. The topological polar surface area (TPSA) is 32.3 Å². The predicted octanol–water partition coefficient (Wildman–Crippen LogP) is 4.93. The molecule has 0 radical (unpaired) electrons. The molecule has 3 aromatic rings. The van der Waals surface area contributed by atoms with E-state index >= 15 is 0 Å². The van der Waals surface area contributed by atoms with Gasteiger partial charge in [0.2, 0.25) is 0 Å². The molecule has 0 aromatic heterocycles. The van der Waals surface area contributed by atoms with Crippen LogP contribution in [0.1, 0.15) is 22.7 Å². The second-order valence-electron chi connectivity index (χ2n) is 5.98. The molecule has 0 bridgehead atoms. The van der Waals surface area contributed by atoms with Crippen LogP contribution in [0.2, 0.25) is 0 Å². The molecule has 3 heteroatoms. The van der Waals surface area contributed by atoms with Gasteiger partial charge in [0, 0.05) is 12.7 Å². The summed E-state index contributed by atoms with van der Waals surface area (Å²) in [6.45, 7) is 2.04. The first-order chi connectivity index (χ1) is 12.2. The molecule has 0 aliphatic rings. The van der Waals surface area contributed by atoms with Crippen molar-refractivity contribution in [2.75, 3.05) is 11.9 Å². The zero-order valence-electron chi connectivity index (χ0n) is 14.5. The van der Waals surface area contributed by atoms with Gasteiger partial charge in [0.05, 0.1) is 6.04 Å².